The van der Waals surface area contributed by atoms with Gasteiger partial charge < -0.3 is 15.1 Å². The zero-order chi connectivity index (χ0) is 22.5. The Morgan fingerprint density at radius 3 is 2.39 bits per heavy atom. The van der Waals surface area contributed by atoms with Gasteiger partial charge in [-0.2, -0.15) is 0 Å². The first-order valence-electron chi connectivity index (χ1n) is 11.4. The molecular formula is C21H37Cl2N7O. The van der Waals surface area contributed by atoms with E-state index in [9.17, 15) is 4.79 Å². The van der Waals surface area contributed by atoms with Gasteiger partial charge in [-0.15, -0.1) is 0 Å². The molecule has 2 aliphatic heterocycles. The molecule has 1 saturated heterocycles. The van der Waals surface area contributed by atoms with E-state index in [1.807, 2.05) is 6.92 Å². The number of amides is 2. The lowest BCUT2D eigenvalue weighted by atomic mass is 9.84. The molecule has 0 aromatic rings. The van der Waals surface area contributed by atoms with Crippen molar-refractivity contribution in [3.05, 3.63) is 10.2 Å². The number of carbonyl (C=O) groups excluding carboxylic acids is 1. The first-order valence-corrected chi connectivity index (χ1v) is 12.2. The fourth-order valence-corrected chi connectivity index (χ4v) is 5.02. The molecule has 2 amide bonds. The maximum absolute atomic E-state index is 11.8. The van der Waals surface area contributed by atoms with Gasteiger partial charge in [0.05, 0.1) is 0 Å². The lowest BCUT2D eigenvalue weighted by Crippen LogP contribution is -2.52. The molecule has 0 aromatic carbocycles. The van der Waals surface area contributed by atoms with Crippen LogP contribution in [-0.4, -0.2) is 90.6 Å². The Bertz CT molecular complexity index is 683. The van der Waals surface area contributed by atoms with Crippen molar-refractivity contribution in [2.45, 2.75) is 57.7 Å². The van der Waals surface area contributed by atoms with E-state index in [0.29, 0.717) is 16.2 Å². The average Bonchev–Trinajstić information content (AvgIpc) is 2.77. The number of nitrogens with two attached hydrogens (primary N) is 1. The van der Waals surface area contributed by atoms with Crippen LogP contribution in [0.3, 0.4) is 0 Å². The predicted molar refractivity (Wildman–Crippen MR) is 127 cm³/mol. The molecule has 1 saturated carbocycles. The van der Waals surface area contributed by atoms with Gasteiger partial charge in [0.25, 0.3) is 0 Å². The van der Waals surface area contributed by atoms with E-state index < -0.39 is 0 Å². The topological polar surface area (TPSA) is 80.4 Å². The van der Waals surface area contributed by atoms with Crippen LogP contribution < -0.4 is 11.2 Å². The van der Waals surface area contributed by atoms with Crippen LogP contribution in [0.1, 0.15) is 45.4 Å². The summed E-state index contributed by atoms with van der Waals surface area (Å²) in [5, 5.41) is 5.39. The highest BCUT2D eigenvalue weighted by Crippen LogP contribution is 2.29. The summed E-state index contributed by atoms with van der Waals surface area (Å²) in [6.07, 6.45) is 6.40. The Morgan fingerprint density at radius 1 is 1.16 bits per heavy atom. The van der Waals surface area contributed by atoms with Gasteiger partial charge in [0.2, 0.25) is 0 Å². The average molecular weight is 474 g/mol. The molecule has 0 aromatic heterocycles. The van der Waals surface area contributed by atoms with Gasteiger partial charge in [0, 0.05) is 46.3 Å². The molecule has 2 heterocycles. The fourth-order valence-electron chi connectivity index (χ4n) is 4.55. The Kier molecular flexibility index (Phi) is 8.73. The smallest absolute Gasteiger partial charge is 0.317 e. The van der Waals surface area contributed by atoms with E-state index in [4.69, 9.17) is 34.0 Å². The number of hydrogen-bond acceptors (Lipinski definition) is 6. The summed E-state index contributed by atoms with van der Waals surface area (Å²) >= 11 is 12.8. The Morgan fingerprint density at radius 2 is 1.81 bits per heavy atom. The van der Waals surface area contributed by atoms with Gasteiger partial charge in [-0.25, -0.2) is 15.6 Å². The number of rotatable bonds is 5. The van der Waals surface area contributed by atoms with Gasteiger partial charge in [-0.05, 0) is 51.0 Å². The van der Waals surface area contributed by atoms with Crippen molar-refractivity contribution in [1.29, 1.82) is 0 Å². The van der Waals surface area contributed by atoms with Gasteiger partial charge in [0.1, 0.15) is 22.2 Å². The molecule has 1 aliphatic carbocycles. The van der Waals surface area contributed by atoms with Gasteiger partial charge >= 0.3 is 6.03 Å². The summed E-state index contributed by atoms with van der Waals surface area (Å²) in [5.74, 6) is 7.53. The summed E-state index contributed by atoms with van der Waals surface area (Å²) in [4.78, 5) is 22.9. The van der Waals surface area contributed by atoms with E-state index in [0.717, 1.165) is 63.7 Å². The molecule has 3 aliphatic rings. The van der Waals surface area contributed by atoms with Crippen LogP contribution in [0, 0.1) is 5.92 Å². The zero-order valence-corrected chi connectivity index (χ0v) is 20.5. The van der Waals surface area contributed by atoms with Gasteiger partial charge in [0.15, 0.2) is 0 Å². The Balaban J connectivity index is 1.40. The molecule has 8 nitrogen and oxygen atoms in total. The number of halogens is 2. The van der Waals surface area contributed by atoms with Crippen LogP contribution in [0.2, 0.25) is 0 Å². The number of carbonyl (C=O) groups is 1. The minimum absolute atomic E-state index is 0.0181. The van der Waals surface area contributed by atoms with Crippen molar-refractivity contribution in [2.24, 2.45) is 16.8 Å². The number of hydrogen-bond donors (Lipinski definition) is 2. The monoisotopic (exact) mass is 473 g/mol. The second-order valence-electron chi connectivity index (χ2n) is 9.03. The number of hydrazine groups is 1. The lowest BCUT2D eigenvalue weighted by molar-refractivity contribution is 0.160. The Hall–Kier alpha value is -1.22. The van der Waals surface area contributed by atoms with Crippen LogP contribution in [0.5, 0.6) is 0 Å². The lowest BCUT2D eigenvalue weighted by Gasteiger charge is -2.40. The second-order valence-corrected chi connectivity index (χ2v) is 9.77. The minimum atomic E-state index is -0.166. The third-order valence-corrected chi connectivity index (χ3v) is 7.50. The van der Waals surface area contributed by atoms with Crippen molar-refractivity contribution in [1.82, 2.24) is 25.0 Å². The van der Waals surface area contributed by atoms with Crippen LogP contribution in [-0.2, 0) is 0 Å². The van der Waals surface area contributed by atoms with Crippen molar-refractivity contribution in [3.8, 4) is 0 Å². The second kappa shape index (κ2) is 11.1. The molecule has 10 heteroatoms. The third-order valence-electron chi connectivity index (χ3n) is 6.67. The van der Waals surface area contributed by atoms with Crippen molar-refractivity contribution in [3.63, 3.8) is 0 Å². The molecule has 0 unspecified atom stereocenters. The SMILES string of the molecule is CC[C@@H]1N=C(N2CCN(CCC3CCC(NC(=O)N(C)C)CC3)CC2)C(Cl)=C(Cl)N1N. The Labute approximate surface area is 196 Å². The molecular weight excluding hydrogens is 437 g/mol. The summed E-state index contributed by atoms with van der Waals surface area (Å²) < 4.78 is 0. The number of nitrogens with one attached hydrogen (secondary N) is 1. The maximum atomic E-state index is 11.8. The highest BCUT2D eigenvalue weighted by atomic mass is 35.5. The molecule has 0 bridgehead atoms. The molecule has 1 atom stereocenters. The van der Waals surface area contributed by atoms with Gasteiger partial charge in [-0.1, -0.05) is 30.1 Å². The molecule has 3 rings (SSSR count). The predicted octanol–water partition coefficient (Wildman–Crippen LogP) is 2.79. The third kappa shape index (κ3) is 6.18. The first-order chi connectivity index (χ1) is 14.8. The first kappa shape index (κ1) is 24.4. The van der Waals surface area contributed by atoms with E-state index >= 15 is 0 Å². The van der Waals surface area contributed by atoms with Crippen molar-refractivity contribution in [2.75, 3.05) is 46.8 Å². The van der Waals surface area contributed by atoms with Crippen LogP contribution in [0.15, 0.2) is 15.2 Å². The fraction of sp³-hybridized carbons (Fsp3) is 0.810. The molecule has 3 N–H and O–H groups in total. The summed E-state index contributed by atoms with van der Waals surface area (Å²) in [5.41, 5.74) is 0. The molecule has 176 valence electrons. The normalized spacial score (nSPS) is 27.9. The van der Waals surface area contributed by atoms with E-state index in [-0.39, 0.29) is 12.2 Å². The van der Waals surface area contributed by atoms with Crippen LogP contribution in [0.25, 0.3) is 0 Å². The van der Waals surface area contributed by atoms with E-state index in [2.05, 4.69) is 15.1 Å². The number of urea groups is 1. The van der Waals surface area contributed by atoms with Crippen molar-refractivity contribution >= 4 is 35.1 Å². The number of nitrogens with zero attached hydrogens (tertiary/aromatic N) is 5. The molecule has 0 spiro atoms. The summed E-state index contributed by atoms with van der Waals surface area (Å²) in [6, 6.07) is 0.344. The quantitative estimate of drug-likeness (QED) is 0.473. The number of piperazine rings is 1. The standard InChI is InChI=1S/C21H37Cl2N7O/c1-4-17-26-20(18(22)19(23)30(17)24)29-13-11-28(12-14-29)10-9-15-5-7-16(8-6-15)25-21(31)27(2)3/h15-17H,4-14,24H2,1-3H3,(H,25,31)/t15?,16?,17-/m1/s1. The zero-order valence-electron chi connectivity index (χ0n) is 19.0. The number of amidine groups is 1. The summed E-state index contributed by atoms with van der Waals surface area (Å²) in [6.45, 7) is 6.94. The summed E-state index contributed by atoms with van der Waals surface area (Å²) in [7, 11) is 3.57. The highest BCUT2D eigenvalue weighted by molar-refractivity contribution is 6.48. The largest absolute Gasteiger partial charge is 0.353 e. The van der Waals surface area contributed by atoms with E-state index in [1.165, 1.54) is 24.3 Å². The minimum Gasteiger partial charge on any atom is -0.353 e. The van der Waals surface area contributed by atoms with Crippen LogP contribution in [0.4, 0.5) is 4.79 Å². The molecule has 0 radical (unpaired) electrons. The van der Waals surface area contributed by atoms with Gasteiger partial charge in [-0.3, -0.25) is 9.91 Å². The number of aliphatic imine (C=N–C) groups is 1. The molecule has 31 heavy (non-hydrogen) atoms. The van der Waals surface area contributed by atoms with Crippen molar-refractivity contribution < 1.29 is 4.79 Å². The maximum Gasteiger partial charge on any atom is 0.317 e. The molecule has 2 fully saturated rings. The van der Waals surface area contributed by atoms with E-state index in [1.54, 1.807) is 19.0 Å². The highest BCUT2D eigenvalue weighted by Gasteiger charge is 2.31. The van der Waals surface area contributed by atoms with Crippen LogP contribution >= 0.6 is 23.2 Å².